The Morgan fingerprint density at radius 1 is 1.32 bits per heavy atom. The van der Waals surface area contributed by atoms with Gasteiger partial charge in [-0.3, -0.25) is 4.79 Å². The third-order valence-electron chi connectivity index (χ3n) is 6.38. The van der Waals surface area contributed by atoms with Gasteiger partial charge in [0.25, 0.3) is 0 Å². The number of carbonyl (C=O) groups is 2. The van der Waals surface area contributed by atoms with Crippen molar-refractivity contribution in [2.24, 2.45) is 5.92 Å². The molecular weight excluding hydrogens is 525 g/mol. The van der Waals surface area contributed by atoms with E-state index in [1.165, 1.54) is 6.07 Å². The van der Waals surface area contributed by atoms with Crippen LogP contribution in [0.15, 0.2) is 66.3 Å². The first-order valence-corrected chi connectivity index (χ1v) is 12.0. The van der Waals surface area contributed by atoms with E-state index in [2.05, 4.69) is 27.5 Å². The van der Waals surface area contributed by atoms with Gasteiger partial charge in [-0.25, -0.2) is 9.78 Å². The van der Waals surface area contributed by atoms with Crippen LogP contribution < -0.4 is 20.7 Å². The van der Waals surface area contributed by atoms with Crippen LogP contribution in [0, 0.1) is 5.92 Å². The third kappa shape index (κ3) is 5.19. The van der Waals surface area contributed by atoms with Crippen molar-refractivity contribution < 1.29 is 32.2 Å². The maximum atomic E-state index is 13.3. The number of aromatic nitrogens is 1. The van der Waals surface area contributed by atoms with Gasteiger partial charge in [0, 0.05) is 23.2 Å². The average molecular weight is 547 g/mol. The molecule has 3 amide bonds. The molecule has 0 bridgehead atoms. The molecule has 1 aliphatic carbocycles. The number of rotatable bonds is 5. The highest BCUT2D eigenvalue weighted by atomic mass is 35.5. The summed E-state index contributed by atoms with van der Waals surface area (Å²) in [4.78, 5) is 28.1. The minimum atomic E-state index is -4.68. The topological polar surface area (TPSA) is 102 Å². The van der Waals surface area contributed by atoms with Gasteiger partial charge in [-0.1, -0.05) is 18.2 Å². The van der Waals surface area contributed by atoms with Crippen LogP contribution in [-0.2, 0) is 22.1 Å². The number of hydrogen-bond acceptors (Lipinski definition) is 5. The quantitative estimate of drug-likeness (QED) is 0.425. The molecule has 3 atom stereocenters. The Morgan fingerprint density at radius 3 is 2.82 bits per heavy atom. The summed E-state index contributed by atoms with van der Waals surface area (Å²) in [6, 6.07) is 3.64. The molecule has 3 N–H and O–H groups in total. The number of carbonyl (C=O) groups excluding carboxylic acids is 2. The molecule has 8 nitrogen and oxygen atoms in total. The number of urea groups is 1. The van der Waals surface area contributed by atoms with Crippen LogP contribution in [-0.4, -0.2) is 29.1 Å². The molecule has 1 saturated heterocycles. The van der Waals surface area contributed by atoms with Crippen LogP contribution in [0.25, 0.3) is 0 Å². The lowest BCUT2D eigenvalue weighted by Gasteiger charge is -2.18. The molecular formula is C26H22ClF3N4O4. The highest BCUT2D eigenvalue weighted by molar-refractivity contribution is 6.30. The molecule has 2 fully saturated rings. The highest BCUT2D eigenvalue weighted by Crippen LogP contribution is 2.51. The van der Waals surface area contributed by atoms with Gasteiger partial charge in [0.2, 0.25) is 5.91 Å². The number of nitrogens with zero attached hydrogens (tertiary/aromatic N) is 1. The predicted molar refractivity (Wildman–Crippen MR) is 134 cm³/mol. The standard InChI is InChI=1S/C26H22ClF3N4O4/c1-12(37-19-9-10-31-24-15(19)5-8-20(35)33-24)3-7-18-13(2)21-22(23(21)38-18)34-25(36)32-17-6-4-14(27)11-16(17)26(28,29)30/h3-4,6-7,9-11,21-23H,2,5,8H2,1H3,(H,31,33,35)(H2,32,34,36)/b12-3+,18-7+/t21-,22-,23-/m0/s1. The lowest BCUT2D eigenvalue weighted by Crippen LogP contribution is -2.34. The Labute approximate surface area is 220 Å². The summed E-state index contributed by atoms with van der Waals surface area (Å²) in [5.74, 6) is 1.91. The minimum absolute atomic E-state index is 0.0871. The van der Waals surface area contributed by atoms with Gasteiger partial charge in [0.05, 0.1) is 23.2 Å². The number of pyridine rings is 1. The molecule has 3 aliphatic rings. The van der Waals surface area contributed by atoms with Gasteiger partial charge < -0.3 is 25.4 Å². The fourth-order valence-corrected chi connectivity index (χ4v) is 4.64. The zero-order valence-electron chi connectivity index (χ0n) is 20.0. The monoisotopic (exact) mass is 546 g/mol. The number of hydrogen-bond donors (Lipinski definition) is 3. The molecule has 38 heavy (non-hydrogen) atoms. The van der Waals surface area contributed by atoms with Gasteiger partial charge >= 0.3 is 12.2 Å². The SMILES string of the molecule is C=C1/C(=C\C=C(/C)Oc2ccnc3c2CCC(=O)N3)O[C@@H]2[C@@H](NC(=O)Nc3ccc(Cl)cc3C(F)(F)F)[C@H]12. The Hall–Kier alpha value is -3.99. The first-order valence-electron chi connectivity index (χ1n) is 11.7. The highest BCUT2D eigenvalue weighted by Gasteiger charge is 2.60. The fraction of sp³-hybridized carbons (Fsp3) is 0.269. The van der Waals surface area contributed by atoms with E-state index < -0.39 is 29.5 Å². The van der Waals surface area contributed by atoms with Gasteiger partial charge in [-0.2, -0.15) is 13.2 Å². The number of nitrogens with one attached hydrogen (secondary N) is 3. The van der Waals surface area contributed by atoms with Crippen LogP contribution in [0.5, 0.6) is 5.75 Å². The molecule has 12 heteroatoms. The average Bonchev–Trinajstić information content (AvgIpc) is 3.40. The van der Waals surface area contributed by atoms with Crippen LogP contribution in [0.3, 0.4) is 0 Å². The molecule has 3 heterocycles. The largest absolute Gasteiger partial charge is 0.487 e. The first kappa shape index (κ1) is 25.7. The number of ether oxygens (including phenoxy) is 2. The lowest BCUT2D eigenvalue weighted by atomic mass is 10.1. The van der Waals surface area contributed by atoms with Crippen LogP contribution in [0.1, 0.15) is 24.5 Å². The van der Waals surface area contributed by atoms with Crippen molar-refractivity contribution >= 4 is 35.0 Å². The van der Waals surface area contributed by atoms with E-state index in [0.29, 0.717) is 41.5 Å². The van der Waals surface area contributed by atoms with E-state index in [9.17, 15) is 22.8 Å². The second kappa shape index (κ2) is 9.71. The Kier molecular flexibility index (Phi) is 6.56. The van der Waals surface area contributed by atoms with Crippen LogP contribution >= 0.6 is 11.6 Å². The molecule has 5 rings (SSSR count). The van der Waals surface area contributed by atoms with Gasteiger partial charge in [0.1, 0.15) is 29.2 Å². The number of benzene rings is 1. The normalized spacial score (nSPS) is 23.2. The number of halogens is 4. The smallest absolute Gasteiger partial charge is 0.418 e. The van der Waals surface area contributed by atoms with Crippen molar-refractivity contribution in [3.05, 3.63) is 82.4 Å². The van der Waals surface area contributed by atoms with E-state index in [0.717, 1.165) is 17.7 Å². The molecule has 0 radical (unpaired) electrons. The number of alkyl halides is 3. The molecule has 2 aromatic rings. The van der Waals surface area contributed by atoms with Crippen molar-refractivity contribution in [1.82, 2.24) is 10.3 Å². The van der Waals surface area contributed by atoms with E-state index in [4.69, 9.17) is 21.1 Å². The number of anilines is 2. The molecule has 1 saturated carbocycles. The molecule has 0 spiro atoms. The van der Waals surface area contributed by atoms with Gasteiger partial charge in [-0.15, -0.1) is 0 Å². The van der Waals surface area contributed by atoms with E-state index in [1.54, 1.807) is 31.3 Å². The summed E-state index contributed by atoms with van der Waals surface area (Å²) in [5.41, 5.74) is 0.0478. The molecule has 198 valence electrons. The summed E-state index contributed by atoms with van der Waals surface area (Å²) in [5, 5.41) is 7.51. The maximum absolute atomic E-state index is 13.3. The second-order valence-corrected chi connectivity index (χ2v) is 9.48. The zero-order chi connectivity index (χ0) is 27.2. The third-order valence-corrected chi connectivity index (χ3v) is 6.62. The Balaban J connectivity index is 1.18. The first-order chi connectivity index (χ1) is 18.0. The van der Waals surface area contributed by atoms with E-state index >= 15 is 0 Å². The van der Waals surface area contributed by atoms with Crippen molar-refractivity contribution in [3.63, 3.8) is 0 Å². The summed E-state index contributed by atoms with van der Waals surface area (Å²) in [6.45, 7) is 5.80. The summed E-state index contributed by atoms with van der Waals surface area (Å²) in [7, 11) is 0. The van der Waals surface area contributed by atoms with Crippen molar-refractivity contribution in [1.29, 1.82) is 0 Å². The molecule has 0 unspecified atom stereocenters. The zero-order valence-corrected chi connectivity index (χ0v) is 20.7. The Bertz CT molecular complexity index is 1410. The van der Waals surface area contributed by atoms with Crippen molar-refractivity contribution in [2.75, 3.05) is 10.6 Å². The van der Waals surface area contributed by atoms with Gasteiger partial charge in [-0.05, 0) is 55.3 Å². The molecule has 1 aromatic heterocycles. The summed E-state index contributed by atoms with van der Waals surface area (Å²) >= 11 is 5.68. The van der Waals surface area contributed by atoms with E-state index in [1.807, 2.05) is 0 Å². The fourth-order valence-electron chi connectivity index (χ4n) is 4.47. The summed E-state index contributed by atoms with van der Waals surface area (Å²) < 4.78 is 51.6. The molecule has 2 aliphatic heterocycles. The lowest BCUT2D eigenvalue weighted by molar-refractivity contribution is -0.136. The van der Waals surface area contributed by atoms with Crippen LogP contribution in [0.4, 0.5) is 29.5 Å². The number of amides is 3. The number of allylic oxidation sites excluding steroid dienone is 4. The van der Waals surface area contributed by atoms with Crippen LogP contribution in [0.2, 0.25) is 5.02 Å². The summed E-state index contributed by atoms with van der Waals surface area (Å²) in [6.07, 6.45) is 0.822. The van der Waals surface area contributed by atoms with E-state index in [-0.39, 0.29) is 23.0 Å². The second-order valence-electron chi connectivity index (χ2n) is 9.04. The van der Waals surface area contributed by atoms with Crippen molar-refractivity contribution in [2.45, 2.75) is 38.1 Å². The maximum Gasteiger partial charge on any atom is 0.418 e. The minimum Gasteiger partial charge on any atom is -0.487 e. The molecule has 1 aromatic carbocycles. The van der Waals surface area contributed by atoms with Crippen molar-refractivity contribution in [3.8, 4) is 5.75 Å². The van der Waals surface area contributed by atoms with Gasteiger partial charge in [0.15, 0.2) is 0 Å². The Morgan fingerprint density at radius 2 is 2.11 bits per heavy atom. The number of fused-ring (bicyclic) bond motifs is 2. The predicted octanol–water partition coefficient (Wildman–Crippen LogP) is 5.58.